The van der Waals surface area contributed by atoms with Crippen molar-refractivity contribution in [3.8, 4) is 0 Å². The molecular formula is C34H59NO4. The maximum Gasteiger partial charge on any atom is 0.335 e. The van der Waals surface area contributed by atoms with Gasteiger partial charge in [0.15, 0.2) is 6.10 Å². The molecule has 0 bridgehead atoms. The molecule has 9 atom stereocenters. The van der Waals surface area contributed by atoms with Gasteiger partial charge in [-0.2, -0.15) is 0 Å². The van der Waals surface area contributed by atoms with Crippen LogP contribution in [0.5, 0.6) is 0 Å². The lowest BCUT2D eigenvalue weighted by atomic mass is 9.47. The SMILES string of the molecule is CC(C)CCC[C@@H](C)[C@H]1CC[C@H]2[C@@H]3CC=C4C[C@@H](OC(=O)C(C)OCCOCCN)CC[C@]4(C)[C@H]3CC[C@]12C. The first-order chi connectivity index (χ1) is 18.6. The van der Waals surface area contributed by atoms with E-state index in [0.717, 1.165) is 54.8 Å². The number of nitrogens with two attached hydrogens (primary N) is 1. The van der Waals surface area contributed by atoms with Crippen LogP contribution in [0.15, 0.2) is 11.6 Å². The van der Waals surface area contributed by atoms with E-state index in [1.54, 1.807) is 12.5 Å². The van der Waals surface area contributed by atoms with Crippen molar-refractivity contribution in [3.05, 3.63) is 11.6 Å². The van der Waals surface area contributed by atoms with Crippen molar-refractivity contribution >= 4 is 5.97 Å². The lowest BCUT2D eigenvalue weighted by molar-refractivity contribution is -0.164. The summed E-state index contributed by atoms with van der Waals surface area (Å²) in [6, 6.07) is 0. The van der Waals surface area contributed by atoms with E-state index < -0.39 is 6.10 Å². The summed E-state index contributed by atoms with van der Waals surface area (Å²) >= 11 is 0. The van der Waals surface area contributed by atoms with E-state index in [2.05, 4.69) is 40.7 Å². The van der Waals surface area contributed by atoms with Gasteiger partial charge in [0.1, 0.15) is 6.10 Å². The Hall–Kier alpha value is -0.910. The molecule has 1 unspecified atom stereocenters. The van der Waals surface area contributed by atoms with Gasteiger partial charge < -0.3 is 19.9 Å². The molecule has 0 radical (unpaired) electrons. The van der Waals surface area contributed by atoms with Crippen LogP contribution in [0.25, 0.3) is 0 Å². The smallest absolute Gasteiger partial charge is 0.335 e. The van der Waals surface area contributed by atoms with Crippen molar-refractivity contribution in [1.82, 2.24) is 0 Å². The van der Waals surface area contributed by atoms with Gasteiger partial charge in [0.2, 0.25) is 0 Å². The molecule has 0 aromatic carbocycles. The predicted octanol–water partition coefficient (Wildman–Crippen LogP) is 7.32. The van der Waals surface area contributed by atoms with E-state index in [0.29, 0.717) is 31.8 Å². The fourth-order valence-electron chi connectivity index (χ4n) is 9.55. The minimum absolute atomic E-state index is 0.0238. The largest absolute Gasteiger partial charge is 0.460 e. The first kappa shape index (κ1) is 31.0. The molecule has 0 aromatic heterocycles. The fraction of sp³-hybridized carbons (Fsp3) is 0.912. The molecule has 5 nitrogen and oxygen atoms in total. The van der Waals surface area contributed by atoms with Gasteiger partial charge in [0.25, 0.3) is 0 Å². The normalized spacial score (nSPS) is 37.4. The molecule has 4 aliphatic carbocycles. The van der Waals surface area contributed by atoms with Crippen molar-refractivity contribution in [2.75, 3.05) is 26.4 Å². The minimum atomic E-state index is -0.566. The van der Waals surface area contributed by atoms with Crippen molar-refractivity contribution < 1.29 is 19.0 Å². The molecule has 0 aliphatic heterocycles. The Morgan fingerprint density at radius 2 is 1.79 bits per heavy atom. The second-order valence-corrected chi connectivity index (χ2v) is 14.5. The van der Waals surface area contributed by atoms with E-state index in [-0.39, 0.29) is 17.5 Å². The summed E-state index contributed by atoms with van der Waals surface area (Å²) in [5.74, 6) is 4.84. The number of fused-ring (bicyclic) bond motifs is 5. The third kappa shape index (κ3) is 6.78. The number of hydrogen-bond donors (Lipinski definition) is 1. The highest BCUT2D eigenvalue weighted by atomic mass is 16.6. The Morgan fingerprint density at radius 1 is 1.00 bits per heavy atom. The Morgan fingerprint density at radius 3 is 2.54 bits per heavy atom. The van der Waals surface area contributed by atoms with Crippen molar-refractivity contribution in [3.63, 3.8) is 0 Å². The Bertz CT molecular complexity index is 841. The molecule has 0 amide bonds. The average molecular weight is 546 g/mol. The molecule has 0 aromatic rings. The van der Waals surface area contributed by atoms with E-state index in [9.17, 15) is 4.79 Å². The highest BCUT2D eigenvalue weighted by Crippen LogP contribution is 2.67. The van der Waals surface area contributed by atoms with Crippen LogP contribution in [0.3, 0.4) is 0 Å². The summed E-state index contributed by atoms with van der Waals surface area (Å²) < 4.78 is 16.9. The molecule has 4 aliphatic rings. The third-order valence-electron chi connectivity index (χ3n) is 11.7. The van der Waals surface area contributed by atoms with Gasteiger partial charge in [-0.1, -0.05) is 65.5 Å². The zero-order valence-electron chi connectivity index (χ0n) is 26.0. The monoisotopic (exact) mass is 545 g/mol. The summed E-state index contributed by atoms with van der Waals surface area (Å²) in [4.78, 5) is 12.7. The van der Waals surface area contributed by atoms with Crippen LogP contribution in [0.4, 0.5) is 0 Å². The minimum Gasteiger partial charge on any atom is -0.460 e. The molecular weight excluding hydrogens is 486 g/mol. The van der Waals surface area contributed by atoms with Crippen LogP contribution in [0, 0.1) is 46.3 Å². The van der Waals surface area contributed by atoms with E-state index in [1.165, 1.54) is 51.4 Å². The summed E-state index contributed by atoms with van der Waals surface area (Å²) in [6.45, 7) is 16.1. The van der Waals surface area contributed by atoms with Crippen molar-refractivity contribution in [2.45, 2.75) is 124 Å². The van der Waals surface area contributed by atoms with Gasteiger partial charge in [-0.3, -0.25) is 0 Å². The van der Waals surface area contributed by atoms with Crippen molar-refractivity contribution in [2.24, 2.45) is 52.1 Å². The molecule has 0 saturated heterocycles. The number of ether oxygens (including phenoxy) is 3. The summed E-state index contributed by atoms with van der Waals surface area (Å²) in [6.07, 6.45) is 16.1. The Labute approximate surface area is 239 Å². The van der Waals surface area contributed by atoms with Gasteiger partial charge in [-0.15, -0.1) is 0 Å². The highest BCUT2D eigenvalue weighted by molar-refractivity contribution is 5.74. The van der Waals surface area contributed by atoms with Crippen LogP contribution in [-0.4, -0.2) is 44.5 Å². The summed E-state index contributed by atoms with van der Waals surface area (Å²) in [7, 11) is 0. The second kappa shape index (κ2) is 13.4. The topological polar surface area (TPSA) is 70.8 Å². The molecule has 0 heterocycles. The molecule has 3 saturated carbocycles. The van der Waals surface area contributed by atoms with Gasteiger partial charge in [-0.05, 0) is 98.2 Å². The van der Waals surface area contributed by atoms with E-state index in [4.69, 9.17) is 19.9 Å². The van der Waals surface area contributed by atoms with Crippen LogP contribution in [-0.2, 0) is 19.0 Å². The fourth-order valence-corrected chi connectivity index (χ4v) is 9.55. The maximum absolute atomic E-state index is 12.7. The van der Waals surface area contributed by atoms with Crippen LogP contribution >= 0.6 is 0 Å². The third-order valence-corrected chi connectivity index (χ3v) is 11.7. The number of rotatable bonds is 13. The van der Waals surface area contributed by atoms with Crippen LogP contribution in [0.1, 0.15) is 112 Å². The Kier molecular flexibility index (Phi) is 10.6. The summed E-state index contributed by atoms with van der Waals surface area (Å²) in [5.41, 5.74) is 7.80. The zero-order chi connectivity index (χ0) is 28.2. The molecule has 3 fully saturated rings. The first-order valence-corrected chi connectivity index (χ1v) is 16.4. The predicted molar refractivity (Wildman–Crippen MR) is 158 cm³/mol. The lowest BCUT2D eigenvalue weighted by Gasteiger charge is -2.58. The number of hydrogen-bond acceptors (Lipinski definition) is 5. The number of allylic oxidation sites excluding steroid dienone is 1. The maximum atomic E-state index is 12.7. The van der Waals surface area contributed by atoms with E-state index >= 15 is 0 Å². The number of carbonyl (C=O) groups is 1. The van der Waals surface area contributed by atoms with Gasteiger partial charge in [0, 0.05) is 13.0 Å². The van der Waals surface area contributed by atoms with Crippen LogP contribution in [0.2, 0.25) is 0 Å². The second-order valence-electron chi connectivity index (χ2n) is 14.5. The molecule has 224 valence electrons. The molecule has 2 N–H and O–H groups in total. The lowest BCUT2D eigenvalue weighted by Crippen LogP contribution is -2.51. The van der Waals surface area contributed by atoms with E-state index in [1.807, 2.05) is 0 Å². The molecule has 5 heteroatoms. The Balaban J connectivity index is 1.33. The summed E-state index contributed by atoms with van der Waals surface area (Å²) in [5, 5.41) is 0. The highest BCUT2D eigenvalue weighted by Gasteiger charge is 2.59. The number of carbonyl (C=O) groups excluding carboxylic acids is 1. The van der Waals surface area contributed by atoms with Crippen molar-refractivity contribution in [1.29, 1.82) is 0 Å². The molecule has 0 spiro atoms. The zero-order valence-corrected chi connectivity index (χ0v) is 26.0. The number of esters is 1. The van der Waals surface area contributed by atoms with Gasteiger partial charge in [0.05, 0.1) is 19.8 Å². The molecule has 4 rings (SSSR count). The standard InChI is InChI=1S/C34H59NO4/c1-23(2)8-7-9-24(3)29-12-13-30-28-11-10-26-22-27(39-32(36)25(4)38-21-20-37-19-18-35)14-16-33(26,5)31(28)15-17-34(29,30)6/h10,23-25,27-31H,7-9,11-22,35H2,1-6H3/t24-,25?,27+,28+,29-,30+,31+,33+,34-/m1/s1. The molecule has 39 heavy (non-hydrogen) atoms. The average Bonchev–Trinajstić information content (AvgIpc) is 3.25. The first-order valence-electron chi connectivity index (χ1n) is 16.4. The van der Waals surface area contributed by atoms with Crippen LogP contribution < -0.4 is 5.73 Å². The van der Waals surface area contributed by atoms with Gasteiger partial charge in [-0.25, -0.2) is 4.79 Å². The van der Waals surface area contributed by atoms with Gasteiger partial charge >= 0.3 is 5.97 Å². The quantitative estimate of drug-likeness (QED) is 0.149.